The Morgan fingerprint density at radius 2 is 1.94 bits per heavy atom. The molecule has 0 aromatic heterocycles. The van der Waals surface area contributed by atoms with E-state index in [1.165, 1.54) is 12.1 Å². The SMILES string of the molecule is O=C1CCCN(OC(F)(F)F)c2ccccc21. The number of para-hydroxylation sites is 1. The van der Waals surface area contributed by atoms with E-state index in [1.54, 1.807) is 12.1 Å². The lowest BCUT2D eigenvalue weighted by Gasteiger charge is -2.24. The molecule has 1 aliphatic rings. The molecule has 0 amide bonds. The summed E-state index contributed by atoms with van der Waals surface area (Å²) in [5.41, 5.74) is 0.446. The molecule has 0 unspecified atom stereocenters. The average Bonchev–Trinajstić information content (AvgIpc) is 2.39. The minimum atomic E-state index is -4.75. The number of Topliss-reactive ketones (excluding diaryl/α,β-unsaturated/α-hetero) is 1. The molecule has 0 bridgehead atoms. The van der Waals surface area contributed by atoms with Gasteiger partial charge in [0.1, 0.15) is 0 Å². The van der Waals surface area contributed by atoms with Gasteiger partial charge in [-0.15, -0.1) is 13.2 Å². The maximum absolute atomic E-state index is 12.2. The molecule has 3 nitrogen and oxygen atoms in total. The first-order chi connectivity index (χ1) is 7.97. The zero-order chi connectivity index (χ0) is 12.5. The van der Waals surface area contributed by atoms with E-state index in [0.29, 0.717) is 6.42 Å². The van der Waals surface area contributed by atoms with E-state index in [0.717, 1.165) is 5.06 Å². The number of nitrogens with zero attached hydrogens (tertiary/aromatic N) is 1. The zero-order valence-electron chi connectivity index (χ0n) is 8.83. The van der Waals surface area contributed by atoms with E-state index in [9.17, 15) is 18.0 Å². The lowest BCUT2D eigenvalue weighted by molar-refractivity contribution is -0.330. The van der Waals surface area contributed by atoms with Crippen LogP contribution in [0.4, 0.5) is 18.9 Å². The number of hydrogen-bond donors (Lipinski definition) is 0. The second-order valence-corrected chi connectivity index (χ2v) is 3.68. The Morgan fingerprint density at radius 1 is 1.24 bits per heavy atom. The second kappa shape index (κ2) is 4.37. The van der Waals surface area contributed by atoms with E-state index >= 15 is 0 Å². The van der Waals surface area contributed by atoms with E-state index < -0.39 is 6.36 Å². The standard InChI is InChI=1S/C11H10F3NO2/c12-11(13,14)17-15-7-3-6-10(16)8-4-1-2-5-9(8)15/h1-2,4-5H,3,6-7H2. The highest BCUT2D eigenvalue weighted by atomic mass is 19.4. The first kappa shape index (κ1) is 11.9. The van der Waals surface area contributed by atoms with Crippen LogP contribution in [0.1, 0.15) is 23.2 Å². The predicted molar refractivity (Wildman–Crippen MR) is 54.5 cm³/mol. The van der Waals surface area contributed by atoms with Gasteiger partial charge in [0.05, 0.1) is 5.69 Å². The largest absolute Gasteiger partial charge is 0.544 e. The van der Waals surface area contributed by atoms with Gasteiger partial charge >= 0.3 is 6.36 Å². The third kappa shape index (κ3) is 2.76. The molecule has 0 aliphatic carbocycles. The molecule has 0 saturated carbocycles. The van der Waals surface area contributed by atoms with E-state index in [2.05, 4.69) is 4.84 Å². The van der Waals surface area contributed by atoms with Crippen molar-refractivity contribution in [1.82, 2.24) is 0 Å². The molecule has 6 heteroatoms. The van der Waals surface area contributed by atoms with Crippen molar-refractivity contribution < 1.29 is 22.8 Å². The van der Waals surface area contributed by atoms with Gasteiger partial charge in [-0.1, -0.05) is 12.1 Å². The number of hydroxylamine groups is 1. The number of carbonyl (C=O) groups excluding carboxylic acids is 1. The predicted octanol–water partition coefficient (Wildman–Crippen LogP) is 2.92. The molecule has 92 valence electrons. The monoisotopic (exact) mass is 245 g/mol. The second-order valence-electron chi connectivity index (χ2n) is 3.68. The van der Waals surface area contributed by atoms with Gasteiger partial charge in [0, 0.05) is 18.5 Å². The minimum Gasteiger partial charge on any atom is -0.294 e. The fraction of sp³-hybridized carbons (Fsp3) is 0.364. The Balaban J connectivity index is 2.35. The normalized spacial score (nSPS) is 16.6. The number of halogens is 3. The van der Waals surface area contributed by atoms with E-state index in [4.69, 9.17) is 0 Å². The van der Waals surface area contributed by atoms with Gasteiger partial charge in [-0.2, -0.15) is 4.84 Å². The highest BCUT2D eigenvalue weighted by Gasteiger charge is 2.35. The van der Waals surface area contributed by atoms with Gasteiger partial charge in [-0.05, 0) is 18.6 Å². The average molecular weight is 245 g/mol. The summed E-state index contributed by atoms with van der Waals surface area (Å²) in [6, 6.07) is 6.15. The summed E-state index contributed by atoms with van der Waals surface area (Å²) in [7, 11) is 0. The Kier molecular flexibility index (Phi) is 3.06. The van der Waals surface area contributed by atoms with Crippen molar-refractivity contribution in [1.29, 1.82) is 0 Å². The molecule has 1 aliphatic heterocycles. The Labute approximate surface area is 95.7 Å². The molecule has 1 aromatic rings. The van der Waals surface area contributed by atoms with Gasteiger partial charge in [0.2, 0.25) is 0 Å². The quantitative estimate of drug-likeness (QED) is 0.761. The number of benzene rings is 1. The molecule has 1 heterocycles. The third-order valence-electron chi connectivity index (χ3n) is 2.45. The van der Waals surface area contributed by atoms with Crippen LogP contribution in [0.3, 0.4) is 0 Å². The highest BCUT2D eigenvalue weighted by molar-refractivity contribution is 6.01. The number of ketones is 1. The molecule has 0 N–H and O–H groups in total. The van der Waals surface area contributed by atoms with Crippen molar-refractivity contribution in [2.45, 2.75) is 19.2 Å². The summed E-state index contributed by atoms with van der Waals surface area (Å²) < 4.78 is 36.6. The van der Waals surface area contributed by atoms with Gasteiger partial charge in [-0.3, -0.25) is 4.79 Å². The number of fused-ring (bicyclic) bond motifs is 1. The van der Waals surface area contributed by atoms with Gasteiger partial charge in [0.25, 0.3) is 0 Å². The van der Waals surface area contributed by atoms with Gasteiger partial charge < -0.3 is 0 Å². The summed E-state index contributed by atoms with van der Waals surface area (Å²) in [6.07, 6.45) is -4.18. The number of carbonyl (C=O) groups is 1. The van der Waals surface area contributed by atoms with Crippen LogP contribution in [0.5, 0.6) is 0 Å². The minimum absolute atomic E-state index is 0.0439. The van der Waals surface area contributed by atoms with Gasteiger partial charge in [-0.25, -0.2) is 5.06 Å². The molecular formula is C11H10F3NO2. The van der Waals surface area contributed by atoms with Crippen molar-refractivity contribution in [2.24, 2.45) is 0 Å². The van der Waals surface area contributed by atoms with Crippen LogP contribution in [0.25, 0.3) is 0 Å². The zero-order valence-corrected chi connectivity index (χ0v) is 8.83. The molecule has 0 saturated heterocycles. The van der Waals surface area contributed by atoms with Crippen molar-refractivity contribution in [3.05, 3.63) is 29.8 Å². The summed E-state index contributed by atoms with van der Waals surface area (Å²) in [5, 5.41) is 0.736. The molecule has 0 radical (unpaired) electrons. The number of anilines is 1. The van der Waals surface area contributed by atoms with Crippen LogP contribution in [0.15, 0.2) is 24.3 Å². The van der Waals surface area contributed by atoms with Crippen molar-refractivity contribution >= 4 is 11.5 Å². The first-order valence-corrected chi connectivity index (χ1v) is 5.13. The topological polar surface area (TPSA) is 29.5 Å². The smallest absolute Gasteiger partial charge is 0.294 e. The van der Waals surface area contributed by atoms with Crippen molar-refractivity contribution in [3.8, 4) is 0 Å². The number of alkyl halides is 3. The maximum Gasteiger partial charge on any atom is 0.544 e. The van der Waals surface area contributed by atoms with E-state index in [-0.39, 0.29) is 30.0 Å². The van der Waals surface area contributed by atoms with E-state index in [1.807, 2.05) is 0 Å². The summed E-state index contributed by atoms with van der Waals surface area (Å²) in [4.78, 5) is 15.6. The van der Waals surface area contributed by atoms with Crippen LogP contribution in [0.2, 0.25) is 0 Å². The van der Waals surface area contributed by atoms with Crippen molar-refractivity contribution in [2.75, 3.05) is 11.6 Å². The summed E-state index contributed by atoms with van der Waals surface area (Å²) in [6.45, 7) is 0.0439. The Bertz CT molecular complexity index is 431. The molecule has 1 aromatic carbocycles. The molecule has 2 rings (SSSR count). The molecular weight excluding hydrogens is 235 g/mol. The third-order valence-corrected chi connectivity index (χ3v) is 2.45. The maximum atomic E-state index is 12.2. The number of rotatable bonds is 1. The van der Waals surface area contributed by atoms with Crippen LogP contribution in [0, 0.1) is 0 Å². The molecule has 0 atom stereocenters. The first-order valence-electron chi connectivity index (χ1n) is 5.13. The summed E-state index contributed by atoms with van der Waals surface area (Å²) >= 11 is 0. The summed E-state index contributed by atoms with van der Waals surface area (Å²) in [5.74, 6) is -0.158. The van der Waals surface area contributed by atoms with Crippen LogP contribution >= 0.6 is 0 Å². The van der Waals surface area contributed by atoms with Gasteiger partial charge in [0.15, 0.2) is 5.78 Å². The number of hydrogen-bond acceptors (Lipinski definition) is 3. The Morgan fingerprint density at radius 3 is 2.65 bits per heavy atom. The fourth-order valence-electron chi connectivity index (χ4n) is 1.79. The molecule has 0 fully saturated rings. The fourth-order valence-corrected chi connectivity index (χ4v) is 1.79. The van der Waals surface area contributed by atoms with Crippen LogP contribution in [-0.4, -0.2) is 18.7 Å². The lowest BCUT2D eigenvalue weighted by atomic mass is 10.1. The van der Waals surface area contributed by atoms with Crippen LogP contribution in [-0.2, 0) is 4.84 Å². The van der Waals surface area contributed by atoms with Crippen LogP contribution < -0.4 is 5.06 Å². The van der Waals surface area contributed by atoms with Crippen molar-refractivity contribution in [3.63, 3.8) is 0 Å². The Hall–Kier alpha value is -1.56. The molecule has 0 spiro atoms. The highest BCUT2D eigenvalue weighted by Crippen LogP contribution is 2.30. The molecule has 17 heavy (non-hydrogen) atoms. The lowest BCUT2D eigenvalue weighted by Crippen LogP contribution is -2.32.